The van der Waals surface area contributed by atoms with Gasteiger partial charge in [0, 0.05) is 23.7 Å². The van der Waals surface area contributed by atoms with E-state index in [1.807, 2.05) is 12.1 Å². The lowest BCUT2D eigenvalue weighted by Gasteiger charge is -2.15. The van der Waals surface area contributed by atoms with E-state index in [2.05, 4.69) is 5.32 Å². The van der Waals surface area contributed by atoms with Crippen LogP contribution >= 0.6 is 11.6 Å². The standard InChI is InChI=1S/C15H18ClNO2/c16-13-6-1-11(2-7-13)3-8-15(19)17-14(9-10-18)12-4-5-12/h1-3,6-8,12,14,18H,4-5,9-10H2,(H,17,19)/b8-3+. The van der Waals surface area contributed by atoms with Crippen LogP contribution in [0.5, 0.6) is 0 Å². The van der Waals surface area contributed by atoms with Gasteiger partial charge in [0.2, 0.25) is 5.91 Å². The predicted molar refractivity (Wildman–Crippen MR) is 76.8 cm³/mol. The molecule has 1 amide bonds. The van der Waals surface area contributed by atoms with Gasteiger partial charge in [0.25, 0.3) is 0 Å². The minimum atomic E-state index is -0.111. The van der Waals surface area contributed by atoms with E-state index < -0.39 is 0 Å². The van der Waals surface area contributed by atoms with Gasteiger partial charge in [-0.05, 0) is 49.0 Å². The lowest BCUT2D eigenvalue weighted by Crippen LogP contribution is -2.36. The highest BCUT2D eigenvalue weighted by atomic mass is 35.5. The fraction of sp³-hybridized carbons (Fsp3) is 0.400. The van der Waals surface area contributed by atoms with Gasteiger partial charge in [0.05, 0.1) is 0 Å². The Morgan fingerprint density at radius 1 is 1.42 bits per heavy atom. The van der Waals surface area contributed by atoms with Crippen LogP contribution in [-0.2, 0) is 4.79 Å². The molecule has 1 aromatic carbocycles. The van der Waals surface area contributed by atoms with E-state index in [0.29, 0.717) is 17.4 Å². The van der Waals surface area contributed by atoms with Gasteiger partial charge < -0.3 is 10.4 Å². The second kappa shape index (κ2) is 6.73. The van der Waals surface area contributed by atoms with Gasteiger partial charge in [-0.15, -0.1) is 0 Å². The lowest BCUT2D eigenvalue weighted by atomic mass is 10.1. The van der Waals surface area contributed by atoms with Gasteiger partial charge in [-0.25, -0.2) is 0 Å². The van der Waals surface area contributed by atoms with Crippen LogP contribution in [-0.4, -0.2) is 23.7 Å². The molecular weight excluding hydrogens is 262 g/mol. The lowest BCUT2D eigenvalue weighted by molar-refractivity contribution is -0.117. The van der Waals surface area contributed by atoms with Crippen molar-refractivity contribution in [3.05, 3.63) is 40.9 Å². The monoisotopic (exact) mass is 279 g/mol. The zero-order chi connectivity index (χ0) is 13.7. The maximum Gasteiger partial charge on any atom is 0.244 e. The number of carbonyl (C=O) groups is 1. The first-order valence-electron chi connectivity index (χ1n) is 6.54. The maximum atomic E-state index is 11.8. The zero-order valence-electron chi connectivity index (χ0n) is 10.7. The van der Waals surface area contributed by atoms with Crippen LogP contribution in [0.3, 0.4) is 0 Å². The molecule has 1 atom stereocenters. The molecule has 0 saturated heterocycles. The van der Waals surface area contributed by atoms with Crippen molar-refractivity contribution < 1.29 is 9.90 Å². The highest BCUT2D eigenvalue weighted by Crippen LogP contribution is 2.33. The Morgan fingerprint density at radius 3 is 2.68 bits per heavy atom. The molecule has 2 rings (SSSR count). The van der Waals surface area contributed by atoms with E-state index in [-0.39, 0.29) is 18.6 Å². The van der Waals surface area contributed by atoms with Crippen molar-refractivity contribution in [3.8, 4) is 0 Å². The number of hydrogen-bond acceptors (Lipinski definition) is 2. The normalized spacial score (nSPS) is 16.5. The Bertz CT molecular complexity index is 452. The van der Waals surface area contributed by atoms with Gasteiger partial charge >= 0.3 is 0 Å². The highest BCUT2D eigenvalue weighted by Gasteiger charge is 2.31. The van der Waals surface area contributed by atoms with E-state index in [9.17, 15) is 4.79 Å². The third kappa shape index (κ3) is 4.69. The summed E-state index contributed by atoms with van der Waals surface area (Å²) in [7, 11) is 0. The quantitative estimate of drug-likeness (QED) is 0.787. The molecule has 0 radical (unpaired) electrons. The van der Waals surface area contributed by atoms with Crippen LogP contribution in [0.4, 0.5) is 0 Å². The van der Waals surface area contributed by atoms with Crippen LogP contribution in [0.15, 0.2) is 30.3 Å². The second-order valence-electron chi connectivity index (χ2n) is 4.85. The molecule has 1 aromatic rings. The molecular formula is C15H18ClNO2. The van der Waals surface area contributed by atoms with Crippen molar-refractivity contribution in [2.75, 3.05) is 6.61 Å². The number of nitrogens with one attached hydrogen (secondary N) is 1. The van der Waals surface area contributed by atoms with Crippen molar-refractivity contribution in [3.63, 3.8) is 0 Å². The van der Waals surface area contributed by atoms with Gasteiger partial charge in [-0.3, -0.25) is 4.79 Å². The van der Waals surface area contributed by atoms with Gasteiger partial charge in [0.1, 0.15) is 0 Å². The number of halogens is 1. The summed E-state index contributed by atoms with van der Waals surface area (Å²) >= 11 is 5.79. The molecule has 1 saturated carbocycles. The molecule has 0 aromatic heterocycles. The molecule has 19 heavy (non-hydrogen) atoms. The SMILES string of the molecule is O=C(/C=C/c1ccc(Cl)cc1)NC(CCO)C1CC1. The molecule has 2 N–H and O–H groups in total. The number of benzene rings is 1. The molecule has 102 valence electrons. The summed E-state index contributed by atoms with van der Waals surface area (Å²) in [4.78, 5) is 11.8. The van der Waals surface area contributed by atoms with E-state index in [4.69, 9.17) is 16.7 Å². The third-order valence-corrected chi connectivity index (χ3v) is 3.51. The van der Waals surface area contributed by atoms with Crippen LogP contribution in [0.25, 0.3) is 6.08 Å². The first-order valence-corrected chi connectivity index (χ1v) is 6.92. The summed E-state index contributed by atoms with van der Waals surface area (Å²) in [5.41, 5.74) is 0.935. The van der Waals surface area contributed by atoms with Crippen LogP contribution < -0.4 is 5.32 Å². The molecule has 0 aliphatic heterocycles. The fourth-order valence-corrected chi connectivity index (χ4v) is 2.17. The molecule has 4 heteroatoms. The van der Waals surface area contributed by atoms with E-state index >= 15 is 0 Å². The molecule has 1 aliphatic carbocycles. The van der Waals surface area contributed by atoms with Crippen molar-refractivity contribution in [1.29, 1.82) is 0 Å². The van der Waals surface area contributed by atoms with Crippen LogP contribution in [0, 0.1) is 5.92 Å². The first-order chi connectivity index (χ1) is 9.19. The molecule has 1 unspecified atom stereocenters. The molecule has 1 fully saturated rings. The Kier molecular flexibility index (Phi) is 5.00. The van der Waals surface area contributed by atoms with E-state index in [0.717, 1.165) is 18.4 Å². The third-order valence-electron chi connectivity index (χ3n) is 3.26. The summed E-state index contributed by atoms with van der Waals surface area (Å²) in [6.45, 7) is 0.113. The van der Waals surface area contributed by atoms with Crippen LogP contribution in [0.2, 0.25) is 5.02 Å². The highest BCUT2D eigenvalue weighted by molar-refractivity contribution is 6.30. The van der Waals surface area contributed by atoms with E-state index in [1.54, 1.807) is 18.2 Å². The van der Waals surface area contributed by atoms with Crippen LogP contribution in [0.1, 0.15) is 24.8 Å². The summed E-state index contributed by atoms with van der Waals surface area (Å²) < 4.78 is 0. The molecule has 0 heterocycles. The molecule has 0 spiro atoms. The van der Waals surface area contributed by atoms with Crippen molar-refractivity contribution in [2.45, 2.75) is 25.3 Å². The van der Waals surface area contributed by atoms with Crippen molar-refractivity contribution in [2.24, 2.45) is 5.92 Å². The second-order valence-corrected chi connectivity index (χ2v) is 5.29. The largest absolute Gasteiger partial charge is 0.396 e. The van der Waals surface area contributed by atoms with Gasteiger partial charge in [-0.2, -0.15) is 0 Å². The van der Waals surface area contributed by atoms with Gasteiger partial charge in [0.15, 0.2) is 0 Å². The Morgan fingerprint density at radius 2 is 2.11 bits per heavy atom. The number of carbonyl (C=O) groups excluding carboxylic acids is 1. The number of aliphatic hydroxyl groups is 1. The minimum absolute atomic E-state index is 0.104. The molecule has 0 bridgehead atoms. The summed E-state index contributed by atoms with van der Waals surface area (Å²) in [5.74, 6) is 0.431. The number of hydrogen-bond donors (Lipinski definition) is 2. The van der Waals surface area contributed by atoms with Crippen molar-refractivity contribution in [1.82, 2.24) is 5.32 Å². The Labute approximate surface area is 118 Å². The smallest absolute Gasteiger partial charge is 0.244 e. The van der Waals surface area contributed by atoms with E-state index in [1.165, 1.54) is 6.08 Å². The van der Waals surface area contributed by atoms with Crippen molar-refractivity contribution >= 4 is 23.6 Å². The first kappa shape index (κ1) is 14.1. The summed E-state index contributed by atoms with van der Waals surface area (Å²) in [5, 5.41) is 12.6. The zero-order valence-corrected chi connectivity index (χ0v) is 11.4. The summed E-state index contributed by atoms with van der Waals surface area (Å²) in [6, 6.07) is 7.40. The Hall–Kier alpha value is -1.32. The topological polar surface area (TPSA) is 49.3 Å². The average molecular weight is 280 g/mol. The van der Waals surface area contributed by atoms with Gasteiger partial charge in [-0.1, -0.05) is 23.7 Å². The fourth-order valence-electron chi connectivity index (χ4n) is 2.04. The minimum Gasteiger partial charge on any atom is -0.396 e. The summed E-state index contributed by atoms with van der Waals surface area (Å²) in [6.07, 6.45) is 6.20. The Balaban J connectivity index is 1.87. The molecule has 3 nitrogen and oxygen atoms in total. The average Bonchev–Trinajstić information content (AvgIpc) is 3.22. The molecule has 1 aliphatic rings. The number of rotatable bonds is 6. The number of amides is 1. The number of aliphatic hydroxyl groups excluding tert-OH is 1. The predicted octanol–water partition coefficient (Wildman–Crippen LogP) is 2.63. The maximum absolute atomic E-state index is 11.8.